The fraction of sp³-hybridized carbons (Fsp3) is 0.621. The molecule has 43 heavy (non-hydrogen) atoms. The van der Waals surface area contributed by atoms with Crippen molar-refractivity contribution in [1.82, 2.24) is 20.2 Å². The summed E-state index contributed by atoms with van der Waals surface area (Å²) in [4.78, 5) is 48.9. The number of carbonyl (C=O) groups is 3. The van der Waals surface area contributed by atoms with E-state index in [1.54, 1.807) is 25.1 Å². The first-order valence-corrected chi connectivity index (χ1v) is 17.1. The Morgan fingerprint density at radius 2 is 1.95 bits per heavy atom. The van der Waals surface area contributed by atoms with Crippen LogP contribution in [0.5, 0.6) is 11.6 Å². The van der Waals surface area contributed by atoms with Gasteiger partial charge in [0.2, 0.25) is 0 Å². The summed E-state index contributed by atoms with van der Waals surface area (Å²) >= 11 is 0.0435. The first-order chi connectivity index (χ1) is 20.5. The van der Waals surface area contributed by atoms with Gasteiger partial charge < -0.3 is 4.74 Å². The van der Waals surface area contributed by atoms with Crippen LogP contribution in [0.1, 0.15) is 51.6 Å². The summed E-state index contributed by atoms with van der Waals surface area (Å²) in [6.07, 6.45) is -0.122. The standard InChI is InChI=1S/C29H35F2IN5O6/c1-13-21-12-37(23(13)25(33)38)27(39)14(2)34-28(40)43-20-11-17-22(32-17)16(20)6-4-5-9-29(30,31)24-26(42-21)36-19-10-15(41-3)7-8-18(19)35-24/h7-8,10,13-14,16-17,20-23H,4-6,9,11-12H2,1-3H3,(H2,33,38)(H,34,40)/q-1/t13-,14+,16+,17+,20-,21+,22-,23+/m1/s1. The van der Waals surface area contributed by atoms with E-state index in [1.165, 1.54) is 18.9 Å². The van der Waals surface area contributed by atoms with Crippen molar-refractivity contribution in [1.29, 1.82) is 0 Å². The van der Waals surface area contributed by atoms with Gasteiger partial charge >= 0.3 is 241 Å². The Morgan fingerprint density at radius 1 is 1.16 bits per heavy atom. The van der Waals surface area contributed by atoms with Crippen LogP contribution in [-0.4, -0.2) is 78.6 Å². The molecule has 2 bridgehead atoms. The van der Waals surface area contributed by atoms with Crippen molar-refractivity contribution in [2.24, 2.45) is 17.6 Å². The van der Waals surface area contributed by atoms with Crippen molar-refractivity contribution in [3.05, 3.63) is 23.9 Å². The average molecular weight is 715 g/mol. The Hall–Kier alpha value is -3.04. The summed E-state index contributed by atoms with van der Waals surface area (Å²) in [5.41, 5.74) is 5.68. The number of fused-ring (bicyclic) bond motifs is 7. The number of benzene rings is 1. The maximum atomic E-state index is 15.9. The molecule has 6 rings (SSSR count). The molecule has 4 heterocycles. The van der Waals surface area contributed by atoms with Gasteiger partial charge in [-0.05, 0) is 0 Å². The molecule has 2 saturated heterocycles. The number of rotatable bonds is 2. The van der Waals surface area contributed by atoms with E-state index >= 15 is 8.78 Å². The topological polar surface area (TPSA) is 146 Å². The first kappa shape index (κ1) is 30.0. The van der Waals surface area contributed by atoms with Crippen molar-refractivity contribution < 1.29 is 58.6 Å². The zero-order valence-corrected chi connectivity index (χ0v) is 26.3. The summed E-state index contributed by atoms with van der Waals surface area (Å²) in [5, 5.41) is 2.62. The van der Waals surface area contributed by atoms with Crippen molar-refractivity contribution in [3.8, 4) is 11.6 Å². The van der Waals surface area contributed by atoms with Crippen LogP contribution in [0.3, 0.4) is 0 Å². The van der Waals surface area contributed by atoms with E-state index in [9.17, 15) is 14.4 Å². The monoisotopic (exact) mass is 714 g/mol. The second-order valence-electron chi connectivity index (χ2n) is 11.8. The third-order valence-corrected chi connectivity index (χ3v) is 13.0. The van der Waals surface area contributed by atoms with E-state index in [0.717, 1.165) is 6.42 Å². The summed E-state index contributed by atoms with van der Waals surface area (Å²) in [5.74, 6) is -5.12. The molecule has 234 valence electrons. The second-order valence-corrected chi connectivity index (χ2v) is 15.6. The summed E-state index contributed by atoms with van der Waals surface area (Å²) in [7, 11) is 1.48. The molecule has 3 aliphatic heterocycles. The zero-order valence-electron chi connectivity index (χ0n) is 24.1. The molecule has 0 unspecified atom stereocenters. The molecule has 14 heteroatoms. The number of alkyl halides is 4. The second kappa shape index (κ2) is 11.5. The van der Waals surface area contributed by atoms with E-state index in [1.807, 2.05) is 0 Å². The predicted octanol–water partition coefficient (Wildman–Crippen LogP) is -0.273. The number of nitrogens with one attached hydrogen (secondary N) is 1. The predicted molar refractivity (Wildman–Crippen MR) is 145 cm³/mol. The molecule has 11 nitrogen and oxygen atoms in total. The molecule has 0 radical (unpaired) electrons. The Balaban J connectivity index is 1.37. The number of aromatic nitrogens is 2. The molecule has 3 N–H and O–H groups in total. The maximum absolute atomic E-state index is 15.9. The number of hydrogen-bond acceptors (Lipinski definition) is 8. The van der Waals surface area contributed by atoms with Crippen LogP contribution in [0.15, 0.2) is 18.2 Å². The van der Waals surface area contributed by atoms with Gasteiger partial charge in [0.25, 0.3) is 0 Å². The molecular formula is C29H35F2IN5O6-. The number of carbonyl (C=O) groups excluding carboxylic acids is 3. The van der Waals surface area contributed by atoms with Crippen LogP contribution in [0.25, 0.3) is 11.0 Å². The molecule has 3 fully saturated rings. The van der Waals surface area contributed by atoms with Gasteiger partial charge in [-0.15, -0.1) is 0 Å². The minimum atomic E-state index is -3.36. The first-order valence-electron chi connectivity index (χ1n) is 14.6. The Kier molecular flexibility index (Phi) is 8.00. The van der Waals surface area contributed by atoms with Crippen LogP contribution >= 0.6 is 0 Å². The van der Waals surface area contributed by atoms with Crippen LogP contribution in [0, 0.1) is 11.8 Å². The molecule has 4 aliphatic rings. The summed E-state index contributed by atoms with van der Waals surface area (Å²) < 4.78 is 50.2. The Morgan fingerprint density at radius 3 is 2.70 bits per heavy atom. The SMILES string of the molecule is COc1ccc2nc3c(nc2c1)O[C@H]1CN(C(=O)[C@H](C)NC(=O)O[C@@H]2C[C@@H]4[I-][C@@H]4[C@H]2CCCCC3(F)F)[C@H](C(N)=O)[C@@H]1C. The van der Waals surface area contributed by atoms with E-state index in [0.29, 0.717) is 32.0 Å². The number of alkyl carbamates (subject to hydrolysis) is 1. The summed E-state index contributed by atoms with van der Waals surface area (Å²) in [6, 6.07) is 2.66. The third kappa shape index (κ3) is 5.78. The van der Waals surface area contributed by atoms with Gasteiger partial charge in [0, 0.05) is 0 Å². The van der Waals surface area contributed by atoms with Gasteiger partial charge in [-0.3, -0.25) is 0 Å². The van der Waals surface area contributed by atoms with Gasteiger partial charge in [-0.25, -0.2) is 0 Å². The van der Waals surface area contributed by atoms with Crippen LogP contribution < -0.4 is 41.7 Å². The van der Waals surface area contributed by atoms with Gasteiger partial charge in [0.05, 0.1) is 7.11 Å². The number of hydrogen-bond donors (Lipinski definition) is 2. The molecular weight excluding hydrogens is 679 g/mol. The molecule has 1 aromatic heterocycles. The number of halogens is 3. The minimum absolute atomic E-state index is 0.0435. The summed E-state index contributed by atoms with van der Waals surface area (Å²) in [6.45, 7) is 3.04. The van der Waals surface area contributed by atoms with E-state index < -0.39 is 60.1 Å². The quantitative estimate of drug-likeness (QED) is 0.320. The molecule has 1 aromatic carbocycles. The van der Waals surface area contributed by atoms with Crippen molar-refractivity contribution in [3.63, 3.8) is 0 Å². The van der Waals surface area contributed by atoms with Crippen LogP contribution in [0.2, 0.25) is 0 Å². The van der Waals surface area contributed by atoms with Gasteiger partial charge in [0.1, 0.15) is 5.75 Å². The number of primary amides is 1. The molecule has 1 aliphatic carbocycles. The van der Waals surface area contributed by atoms with Crippen molar-refractivity contribution >= 4 is 28.9 Å². The van der Waals surface area contributed by atoms with E-state index in [-0.39, 0.29) is 57.6 Å². The fourth-order valence-corrected chi connectivity index (χ4v) is 10.4. The van der Waals surface area contributed by atoms with Crippen LogP contribution in [-0.2, 0) is 20.2 Å². The zero-order chi connectivity index (χ0) is 30.6. The fourth-order valence-electron chi connectivity index (χ4n) is 6.63. The van der Waals surface area contributed by atoms with Crippen molar-refractivity contribution in [2.45, 2.75) is 84.0 Å². The Bertz CT molecular complexity index is 1450. The van der Waals surface area contributed by atoms with Gasteiger partial charge in [-0.1, -0.05) is 0 Å². The average Bonchev–Trinajstić information content (AvgIpc) is 3.53. The normalized spacial score (nSPS) is 34.2. The van der Waals surface area contributed by atoms with E-state index in [4.69, 9.17) is 19.9 Å². The van der Waals surface area contributed by atoms with Gasteiger partial charge in [0.15, 0.2) is 0 Å². The molecule has 8 atom stereocenters. The van der Waals surface area contributed by atoms with E-state index in [2.05, 4.69) is 15.3 Å². The van der Waals surface area contributed by atoms with Crippen LogP contribution in [0.4, 0.5) is 13.6 Å². The van der Waals surface area contributed by atoms with Gasteiger partial charge in [-0.2, -0.15) is 0 Å². The molecule has 0 spiro atoms. The molecule has 3 amide bonds. The van der Waals surface area contributed by atoms with Crippen molar-refractivity contribution in [2.75, 3.05) is 13.7 Å². The number of nitrogens with two attached hydrogens (primary N) is 1. The number of ether oxygens (including phenoxy) is 3. The Labute approximate surface area is 257 Å². The molecule has 1 saturated carbocycles. The number of methoxy groups -OCH3 is 1. The number of nitrogens with zero attached hydrogens (tertiary/aromatic N) is 3. The third-order valence-electron chi connectivity index (χ3n) is 8.99. The number of amides is 3. The molecule has 2 aromatic rings.